The van der Waals surface area contributed by atoms with Gasteiger partial charge in [-0.15, -0.1) is 0 Å². The van der Waals surface area contributed by atoms with E-state index >= 15 is 0 Å². The quantitative estimate of drug-likeness (QED) is 0.729. The van der Waals surface area contributed by atoms with Crippen LogP contribution in [0, 0.1) is 29.6 Å². The summed E-state index contributed by atoms with van der Waals surface area (Å²) in [5.41, 5.74) is 1.49. The second-order valence-electron chi connectivity index (χ2n) is 6.27. The van der Waals surface area contributed by atoms with E-state index in [9.17, 15) is 0 Å². The maximum atomic E-state index is 3.98. The summed E-state index contributed by atoms with van der Waals surface area (Å²) in [6.45, 7) is 0. The van der Waals surface area contributed by atoms with Crippen LogP contribution in [0.5, 0.6) is 0 Å². The highest BCUT2D eigenvalue weighted by Crippen LogP contribution is 2.71. The molecule has 1 aromatic carbocycles. The minimum Gasteiger partial charge on any atom is -0.0884 e. The van der Waals surface area contributed by atoms with Crippen LogP contribution in [0.2, 0.25) is 0 Å². The lowest BCUT2D eigenvalue weighted by molar-refractivity contribution is 0.455. The van der Waals surface area contributed by atoms with Gasteiger partial charge in [-0.05, 0) is 60.8 Å². The number of fused-ring (bicyclic) bond motifs is 5. The summed E-state index contributed by atoms with van der Waals surface area (Å²) >= 11 is 3.98. The Bertz CT molecular complexity index is 397. The van der Waals surface area contributed by atoms with E-state index in [1.165, 1.54) is 24.8 Å². The molecule has 0 amide bonds. The summed E-state index contributed by atoms with van der Waals surface area (Å²) in [6.07, 6.45) is 5.86. The molecule has 3 saturated carbocycles. The molecular formula is C16H19Br. The fraction of sp³-hybridized carbons (Fsp3) is 0.625. The van der Waals surface area contributed by atoms with Gasteiger partial charge in [-0.3, -0.25) is 0 Å². The third-order valence-corrected chi connectivity index (χ3v) is 6.42. The molecule has 90 valence electrons. The zero-order valence-electron chi connectivity index (χ0n) is 10.1. The Balaban J connectivity index is 1.44. The molecule has 5 unspecified atom stereocenters. The highest BCUT2D eigenvalue weighted by Gasteiger charge is 2.66. The van der Waals surface area contributed by atoms with Crippen molar-refractivity contribution in [3.8, 4) is 0 Å². The van der Waals surface area contributed by atoms with Crippen LogP contribution in [0.25, 0.3) is 0 Å². The minimum atomic E-state index is 0.725. The summed E-state index contributed by atoms with van der Waals surface area (Å²) < 4.78 is 0. The van der Waals surface area contributed by atoms with Crippen molar-refractivity contribution in [1.82, 2.24) is 0 Å². The van der Waals surface area contributed by atoms with Crippen LogP contribution in [0.1, 0.15) is 24.8 Å². The van der Waals surface area contributed by atoms with Gasteiger partial charge in [0.2, 0.25) is 0 Å². The minimum absolute atomic E-state index is 0.725. The summed E-state index contributed by atoms with van der Waals surface area (Å²) in [6, 6.07) is 11.0. The number of halogens is 1. The predicted octanol–water partition coefficient (Wildman–Crippen LogP) is 4.28. The largest absolute Gasteiger partial charge is 0.0884 e. The third kappa shape index (κ3) is 1.62. The first-order valence-electron chi connectivity index (χ1n) is 7.02. The van der Waals surface area contributed by atoms with Gasteiger partial charge in [-0.1, -0.05) is 46.3 Å². The van der Waals surface area contributed by atoms with E-state index in [0.717, 1.165) is 34.4 Å². The molecule has 3 aliphatic carbocycles. The van der Waals surface area contributed by atoms with E-state index < -0.39 is 0 Å². The number of alkyl halides is 1. The van der Waals surface area contributed by atoms with Crippen LogP contribution < -0.4 is 0 Å². The van der Waals surface area contributed by atoms with Crippen LogP contribution in [-0.4, -0.2) is 4.83 Å². The summed E-state index contributed by atoms with van der Waals surface area (Å²) in [5, 5.41) is 0. The molecule has 0 radical (unpaired) electrons. The molecular weight excluding hydrogens is 272 g/mol. The van der Waals surface area contributed by atoms with Gasteiger partial charge in [-0.25, -0.2) is 0 Å². The van der Waals surface area contributed by atoms with Crippen molar-refractivity contribution in [2.45, 2.75) is 30.5 Å². The number of hydrogen-bond donors (Lipinski definition) is 0. The maximum absolute atomic E-state index is 3.98. The van der Waals surface area contributed by atoms with E-state index in [-0.39, 0.29) is 0 Å². The van der Waals surface area contributed by atoms with E-state index in [2.05, 4.69) is 46.3 Å². The monoisotopic (exact) mass is 290 g/mol. The van der Waals surface area contributed by atoms with Crippen LogP contribution in [0.3, 0.4) is 0 Å². The molecule has 0 aliphatic heterocycles. The highest BCUT2D eigenvalue weighted by atomic mass is 79.9. The van der Waals surface area contributed by atoms with Crippen molar-refractivity contribution in [3.05, 3.63) is 35.9 Å². The number of benzene rings is 1. The number of rotatable bonds is 3. The lowest BCUT2D eigenvalue weighted by atomic mass is 9.97. The molecule has 0 spiro atoms. The van der Waals surface area contributed by atoms with Crippen molar-refractivity contribution in [2.75, 3.05) is 0 Å². The predicted molar refractivity (Wildman–Crippen MR) is 74.2 cm³/mol. The zero-order chi connectivity index (χ0) is 11.4. The normalized spacial score (nSPS) is 43.5. The lowest BCUT2D eigenvalue weighted by Crippen LogP contribution is -2.12. The maximum Gasteiger partial charge on any atom is 0.0220 e. The molecule has 1 aromatic rings. The molecule has 0 nitrogen and oxygen atoms in total. The first kappa shape index (κ1) is 10.6. The molecule has 17 heavy (non-hydrogen) atoms. The molecule has 3 fully saturated rings. The topological polar surface area (TPSA) is 0 Å². The molecule has 2 bridgehead atoms. The fourth-order valence-electron chi connectivity index (χ4n) is 4.85. The molecule has 5 atom stereocenters. The van der Waals surface area contributed by atoms with Gasteiger partial charge in [0.15, 0.2) is 0 Å². The average Bonchev–Trinajstić information content (AvgIpc) is 2.80. The van der Waals surface area contributed by atoms with Crippen LogP contribution in [0.4, 0.5) is 0 Å². The first-order valence-corrected chi connectivity index (χ1v) is 7.94. The van der Waals surface area contributed by atoms with E-state index in [0.29, 0.717) is 0 Å². The van der Waals surface area contributed by atoms with Gasteiger partial charge in [0, 0.05) is 4.83 Å². The Morgan fingerprint density at radius 2 is 1.71 bits per heavy atom. The van der Waals surface area contributed by atoms with Gasteiger partial charge in [0.1, 0.15) is 0 Å². The van der Waals surface area contributed by atoms with Crippen molar-refractivity contribution in [1.29, 1.82) is 0 Å². The molecule has 0 saturated heterocycles. The summed E-state index contributed by atoms with van der Waals surface area (Å²) in [5.74, 6) is 5.40. The fourth-order valence-corrected chi connectivity index (χ4v) is 5.93. The highest BCUT2D eigenvalue weighted by molar-refractivity contribution is 9.09. The third-order valence-electron chi connectivity index (χ3n) is 5.49. The van der Waals surface area contributed by atoms with Crippen LogP contribution in [0.15, 0.2) is 30.3 Å². The Morgan fingerprint density at radius 3 is 2.35 bits per heavy atom. The Morgan fingerprint density at radius 1 is 1.06 bits per heavy atom. The Kier molecular flexibility index (Phi) is 2.40. The lowest BCUT2D eigenvalue weighted by Gasteiger charge is -2.14. The smallest absolute Gasteiger partial charge is 0.0220 e. The standard InChI is InChI=1S/C16H19Br/c17-13(8-10-4-2-1-3-5-10)16-14-11-6-7-12(9-11)15(14)16/h1-5,11-16H,6-9H2. The van der Waals surface area contributed by atoms with E-state index in [1.807, 2.05) is 0 Å². The van der Waals surface area contributed by atoms with E-state index in [1.54, 1.807) is 6.42 Å². The SMILES string of the molecule is BrC(Cc1ccccc1)C1C2C3CCC(C3)C12. The molecule has 0 heterocycles. The van der Waals surface area contributed by atoms with Crippen molar-refractivity contribution < 1.29 is 0 Å². The first-order chi connectivity index (χ1) is 8.34. The van der Waals surface area contributed by atoms with Crippen LogP contribution >= 0.6 is 15.9 Å². The molecule has 4 rings (SSSR count). The van der Waals surface area contributed by atoms with Crippen LogP contribution in [-0.2, 0) is 6.42 Å². The second kappa shape index (κ2) is 3.85. The molecule has 0 aromatic heterocycles. The summed E-state index contributed by atoms with van der Waals surface area (Å²) in [7, 11) is 0. The number of hydrogen-bond acceptors (Lipinski definition) is 0. The Hall–Kier alpha value is -0.300. The molecule has 3 aliphatic rings. The van der Waals surface area contributed by atoms with Crippen molar-refractivity contribution >= 4 is 15.9 Å². The molecule has 1 heteroatoms. The van der Waals surface area contributed by atoms with Gasteiger partial charge < -0.3 is 0 Å². The van der Waals surface area contributed by atoms with Gasteiger partial charge in [-0.2, -0.15) is 0 Å². The van der Waals surface area contributed by atoms with Crippen molar-refractivity contribution in [2.24, 2.45) is 29.6 Å². The summed E-state index contributed by atoms with van der Waals surface area (Å²) in [4.78, 5) is 0.725. The molecule has 0 N–H and O–H groups in total. The Labute approximate surface area is 112 Å². The van der Waals surface area contributed by atoms with Gasteiger partial charge in [0.05, 0.1) is 0 Å². The second-order valence-corrected chi connectivity index (χ2v) is 7.45. The average molecular weight is 291 g/mol. The van der Waals surface area contributed by atoms with Gasteiger partial charge >= 0.3 is 0 Å². The van der Waals surface area contributed by atoms with Crippen molar-refractivity contribution in [3.63, 3.8) is 0 Å². The van der Waals surface area contributed by atoms with Gasteiger partial charge in [0.25, 0.3) is 0 Å². The zero-order valence-corrected chi connectivity index (χ0v) is 11.6. The van der Waals surface area contributed by atoms with E-state index in [4.69, 9.17) is 0 Å².